The van der Waals surface area contributed by atoms with Gasteiger partial charge in [-0.25, -0.2) is 0 Å². The molecule has 5 nitrogen and oxygen atoms in total. The number of carbonyl (C=O) groups is 2. The number of amides is 2. The van der Waals surface area contributed by atoms with Gasteiger partial charge in [-0.15, -0.1) is 11.3 Å². The Bertz CT molecular complexity index is 1150. The van der Waals surface area contributed by atoms with E-state index in [-0.39, 0.29) is 24.4 Å². The third-order valence-electron chi connectivity index (χ3n) is 6.66. The molecule has 1 atom stereocenters. The maximum absolute atomic E-state index is 13.5. The average molecular weight is 491 g/mol. The summed E-state index contributed by atoms with van der Waals surface area (Å²) >= 11 is 1.73. The molecule has 0 unspecified atom stereocenters. The van der Waals surface area contributed by atoms with Crippen molar-refractivity contribution in [1.82, 2.24) is 9.80 Å². The van der Waals surface area contributed by atoms with Crippen LogP contribution in [-0.2, 0) is 11.2 Å². The summed E-state index contributed by atoms with van der Waals surface area (Å²) in [4.78, 5) is 31.4. The number of carbonyl (C=O) groups excluding carboxylic acids is 2. The molecule has 2 heterocycles. The van der Waals surface area contributed by atoms with Gasteiger partial charge in [0.2, 0.25) is 5.91 Å². The van der Waals surface area contributed by atoms with Crippen LogP contribution in [0.1, 0.15) is 64.7 Å². The molecule has 1 aromatic heterocycles. The first-order chi connectivity index (χ1) is 16.9. The first kappa shape index (κ1) is 25.0. The fraction of sp³-hybridized carbons (Fsp3) is 0.379. The number of ether oxygens (including phenoxy) is 1. The summed E-state index contributed by atoms with van der Waals surface area (Å²) in [5, 5.41) is 2.09. The third kappa shape index (κ3) is 5.76. The van der Waals surface area contributed by atoms with E-state index in [2.05, 4.69) is 37.4 Å². The number of hydrogen-bond donors (Lipinski definition) is 0. The second-order valence-corrected chi connectivity index (χ2v) is 10.4. The highest BCUT2D eigenvalue weighted by Crippen LogP contribution is 2.34. The fourth-order valence-electron chi connectivity index (χ4n) is 4.46. The van der Waals surface area contributed by atoms with Gasteiger partial charge >= 0.3 is 0 Å². The van der Waals surface area contributed by atoms with Crippen molar-refractivity contribution in [3.8, 4) is 5.75 Å². The normalized spacial score (nSPS) is 15.1. The Kier molecular flexibility index (Phi) is 7.91. The number of fused-ring (bicyclic) bond motifs is 1. The lowest BCUT2D eigenvalue weighted by Gasteiger charge is -2.37. The molecule has 0 radical (unpaired) electrons. The summed E-state index contributed by atoms with van der Waals surface area (Å²) in [6.45, 7) is 9.78. The number of rotatable bonds is 8. The van der Waals surface area contributed by atoms with Gasteiger partial charge in [0.25, 0.3) is 5.91 Å². The lowest BCUT2D eigenvalue weighted by atomic mass is 10.00. The molecule has 0 saturated heterocycles. The van der Waals surface area contributed by atoms with Gasteiger partial charge in [0.15, 0.2) is 0 Å². The SMILES string of the molecule is CCN(CC(=O)N1CCc2sccc2[C@H]1COc1ccc(C(C)C)cc1)C(=O)c1ccc(C)cc1. The molecular formula is C29H34N2O3S. The summed E-state index contributed by atoms with van der Waals surface area (Å²) in [6, 6.07) is 17.6. The van der Waals surface area contributed by atoms with E-state index in [1.807, 2.05) is 55.1 Å². The molecule has 2 aromatic carbocycles. The van der Waals surface area contributed by atoms with Gasteiger partial charge in [-0.1, -0.05) is 43.7 Å². The molecule has 0 aliphatic carbocycles. The maximum Gasteiger partial charge on any atom is 0.254 e. The highest BCUT2D eigenvalue weighted by Gasteiger charge is 2.33. The molecule has 0 spiro atoms. The quantitative estimate of drug-likeness (QED) is 0.398. The Morgan fingerprint density at radius 3 is 2.46 bits per heavy atom. The van der Waals surface area contributed by atoms with E-state index in [0.717, 1.165) is 23.3 Å². The lowest BCUT2D eigenvalue weighted by molar-refractivity contribution is -0.135. The van der Waals surface area contributed by atoms with Gasteiger partial charge in [0.1, 0.15) is 18.9 Å². The van der Waals surface area contributed by atoms with Crippen LogP contribution in [0.2, 0.25) is 0 Å². The van der Waals surface area contributed by atoms with Crippen LogP contribution < -0.4 is 4.74 Å². The van der Waals surface area contributed by atoms with Crippen molar-refractivity contribution < 1.29 is 14.3 Å². The minimum absolute atomic E-state index is 0.0482. The number of likely N-dealkylation sites (N-methyl/N-ethyl adjacent to an activating group) is 1. The van der Waals surface area contributed by atoms with E-state index < -0.39 is 0 Å². The van der Waals surface area contributed by atoms with E-state index in [1.165, 1.54) is 10.4 Å². The van der Waals surface area contributed by atoms with E-state index in [9.17, 15) is 9.59 Å². The van der Waals surface area contributed by atoms with Crippen molar-refractivity contribution in [1.29, 1.82) is 0 Å². The van der Waals surface area contributed by atoms with Crippen LogP contribution >= 0.6 is 11.3 Å². The van der Waals surface area contributed by atoms with Gasteiger partial charge < -0.3 is 14.5 Å². The number of aryl methyl sites for hydroxylation is 1. The first-order valence-corrected chi connectivity index (χ1v) is 13.2. The van der Waals surface area contributed by atoms with Crippen molar-refractivity contribution in [2.75, 3.05) is 26.2 Å². The van der Waals surface area contributed by atoms with E-state index in [0.29, 0.717) is 31.2 Å². The number of hydrogen-bond acceptors (Lipinski definition) is 4. The summed E-state index contributed by atoms with van der Waals surface area (Å²) < 4.78 is 6.18. The van der Waals surface area contributed by atoms with E-state index >= 15 is 0 Å². The number of nitrogens with zero attached hydrogens (tertiary/aromatic N) is 2. The molecule has 2 amide bonds. The zero-order chi connectivity index (χ0) is 24.9. The molecule has 3 aromatic rings. The van der Waals surface area contributed by atoms with Gasteiger partial charge in [0.05, 0.1) is 6.04 Å². The Hall–Kier alpha value is -3.12. The molecule has 6 heteroatoms. The molecular weight excluding hydrogens is 456 g/mol. The van der Waals surface area contributed by atoms with Gasteiger partial charge in [-0.05, 0) is 73.0 Å². The summed E-state index contributed by atoms with van der Waals surface area (Å²) in [5.41, 5.74) is 4.13. The highest BCUT2D eigenvalue weighted by molar-refractivity contribution is 7.10. The minimum Gasteiger partial charge on any atom is -0.491 e. The summed E-state index contributed by atoms with van der Waals surface area (Å²) in [5.74, 6) is 1.10. The van der Waals surface area contributed by atoms with Gasteiger partial charge in [-0.2, -0.15) is 0 Å². The molecule has 0 saturated carbocycles. The zero-order valence-corrected chi connectivity index (χ0v) is 21.8. The highest BCUT2D eigenvalue weighted by atomic mass is 32.1. The second kappa shape index (κ2) is 11.1. The van der Waals surface area contributed by atoms with Crippen LogP contribution in [0.25, 0.3) is 0 Å². The van der Waals surface area contributed by atoms with E-state index in [1.54, 1.807) is 16.2 Å². The van der Waals surface area contributed by atoms with Crippen molar-refractivity contribution in [2.45, 2.75) is 46.1 Å². The van der Waals surface area contributed by atoms with Crippen molar-refractivity contribution in [3.63, 3.8) is 0 Å². The minimum atomic E-state index is -0.171. The van der Waals surface area contributed by atoms with Crippen LogP contribution in [0.4, 0.5) is 0 Å². The summed E-state index contributed by atoms with van der Waals surface area (Å²) in [7, 11) is 0. The summed E-state index contributed by atoms with van der Waals surface area (Å²) in [6.07, 6.45) is 0.830. The molecule has 1 aliphatic heterocycles. The third-order valence-corrected chi connectivity index (χ3v) is 7.66. The molecule has 35 heavy (non-hydrogen) atoms. The molecule has 0 bridgehead atoms. The largest absolute Gasteiger partial charge is 0.491 e. The molecule has 4 rings (SSSR count). The van der Waals surface area contributed by atoms with Crippen LogP contribution in [0.15, 0.2) is 60.0 Å². The number of benzene rings is 2. The Labute approximate surface area is 212 Å². The standard InChI is InChI=1S/C29H34N2O3S/c1-5-30(29(33)23-8-6-21(4)7-9-23)18-28(32)31-16-14-27-25(15-17-35-27)26(31)19-34-24-12-10-22(11-13-24)20(2)3/h6-13,15,17,20,26H,5,14,16,18-19H2,1-4H3/t26-/m1/s1. The fourth-order valence-corrected chi connectivity index (χ4v) is 5.39. The van der Waals surface area contributed by atoms with E-state index in [4.69, 9.17) is 4.74 Å². The zero-order valence-electron chi connectivity index (χ0n) is 21.0. The monoisotopic (exact) mass is 490 g/mol. The average Bonchev–Trinajstić information content (AvgIpc) is 3.35. The van der Waals surface area contributed by atoms with Crippen LogP contribution in [0.3, 0.4) is 0 Å². The lowest BCUT2D eigenvalue weighted by Crippen LogP contribution is -2.47. The Morgan fingerprint density at radius 2 is 1.80 bits per heavy atom. The van der Waals surface area contributed by atoms with Crippen LogP contribution in [-0.4, -0.2) is 47.9 Å². The Morgan fingerprint density at radius 1 is 1.09 bits per heavy atom. The van der Waals surface area contributed by atoms with Crippen LogP contribution in [0, 0.1) is 6.92 Å². The van der Waals surface area contributed by atoms with Crippen molar-refractivity contribution in [3.05, 3.63) is 87.1 Å². The predicted molar refractivity (Wildman–Crippen MR) is 141 cm³/mol. The van der Waals surface area contributed by atoms with Gasteiger partial charge in [-0.3, -0.25) is 9.59 Å². The van der Waals surface area contributed by atoms with Gasteiger partial charge in [0, 0.05) is 23.5 Å². The van der Waals surface area contributed by atoms with Crippen molar-refractivity contribution in [2.24, 2.45) is 0 Å². The van der Waals surface area contributed by atoms with Crippen LogP contribution in [0.5, 0.6) is 5.75 Å². The molecule has 1 aliphatic rings. The second-order valence-electron chi connectivity index (χ2n) is 9.37. The van der Waals surface area contributed by atoms with Crippen molar-refractivity contribution >= 4 is 23.2 Å². The number of thiophene rings is 1. The topological polar surface area (TPSA) is 49.9 Å². The smallest absolute Gasteiger partial charge is 0.254 e. The molecule has 0 N–H and O–H groups in total. The molecule has 0 fully saturated rings. The first-order valence-electron chi connectivity index (χ1n) is 12.3. The predicted octanol–water partition coefficient (Wildman–Crippen LogP) is 5.85. The molecule has 184 valence electrons. The Balaban J connectivity index is 1.48. The maximum atomic E-state index is 13.5.